The highest BCUT2D eigenvalue weighted by Gasteiger charge is 2.19. The Balaban J connectivity index is 2.14. The number of nitrogens with zero attached hydrogens (tertiary/aromatic N) is 2. The second-order valence-electron chi connectivity index (χ2n) is 5.24. The van der Waals surface area contributed by atoms with Gasteiger partial charge in [0.25, 0.3) is 0 Å². The quantitative estimate of drug-likeness (QED) is 0.878. The Morgan fingerprint density at radius 2 is 1.84 bits per heavy atom. The molecule has 2 rings (SSSR count). The van der Waals surface area contributed by atoms with E-state index in [1.165, 1.54) is 11.8 Å². The van der Waals surface area contributed by atoms with Gasteiger partial charge in [0, 0.05) is 12.6 Å². The lowest BCUT2D eigenvalue weighted by molar-refractivity contribution is -0.120. The lowest BCUT2D eigenvalue weighted by Crippen LogP contribution is -2.37. The molecule has 0 fully saturated rings. The van der Waals surface area contributed by atoms with Crippen LogP contribution in [0.1, 0.15) is 19.4 Å². The van der Waals surface area contributed by atoms with Gasteiger partial charge in [0.1, 0.15) is 12.3 Å². The van der Waals surface area contributed by atoms with Gasteiger partial charge in [-0.05, 0) is 43.3 Å². The molecular weight excluding hydrogens is 318 g/mol. The number of carbonyl (C=O) groups is 2. The molecule has 0 heterocycles. The van der Waals surface area contributed by atoms with Gasteiger partial charge in [0.15, 0.2) is 0 Å². The third-order valence-corrected chi connectivity index (χ3v) is 3.44. The molecule has 0 aliphatic carbocycles. The number of amides is 2. The van der Waals surface area contributed by atoms with Crippen LogP contribution in [0, 0.1) is 11.3 Å². The Kier molecular flexibility index (Phi) is 6.13. The zero-order chi connectivity index (χ0) is 18.2. The Morgan fingerprint density at radius 3 is 2.44 bits per heavy atom. The fourth-order valence-corrected chi connectivity index (χ4v) is 2.30. The Labute approximate surface area is 146 Å². The molecule has 128 valence electrons. The van der Waals surface area contributed by atoms with Gasteiger partial charge in [-0.1, -0.05) is 12.1 Å². The zero-order valence-electron chi connectivity index (χ0n) is 14.2. The topological polar surface area (TPSA) is 82.4 Å². The third kappa shape index (κ3) is 4.82. The van der Waals surface area contributed by atoms with E-state index < -0.39 is 0 Å². The normalized spacial score (nSPS) is 9.80. The summed E-state index contributed by atoms with van der Waals surface area (Å²) in [7, 11) is 0. The van der Waals surface area contributed by atoms with E-state index in [1.807, 2.05) is 19.1 Å². The summed E-state index contributed by atoms with van der Waals surface area (Å²) in [5, 5.41) is 11.5. The van der Waals surface area contributed by atoms with Gasteiger partial charge < -0.3 is 10.1 Å². The maximum absolute atomic E-state index is 12.3. The van der Waals surface area contributed by atoms with Crippen molar-refractivity contribution in [2.45, 2.75) is 13.8 Å². The Bertz CT molecular complexity index is 794. The highest BCUT2D eigenvalue weighted by molar-refractivity contribution is 6.02. The van der Waals surface area contributed by atoms with E-state index >= 15 is 0 Å². The van der Waals surface area contributed by atoms with Crippen molar-refractivity contribution in [1.82, 2.24) is 0 Å². The van der Waals surface area contributed by atoms with Crippen LogP contribution >= 0.6 is 0 Å². The van der Waals surface area contributed by atoms with Gasteiger partial charge >= 0.3 is 0 Å². The van der Waals surface area contributed by atoms with Gasteiger partial charge in [-0.25, -0.2) is 0 Å². The lowest BCUT2D eigenvalue weighted by Gasteiger charge is -2.23. The van der Waals surface area contributed by atoms with Crippen molar-refractivity contribution in [3.8, 4) is 11.8 Å². The van der Waals surface area contributed by atoms with Crippen molar-refractivity contribution >= 4 is 23.2 Å². The molecule has 0 aliphatic rings. The van der Waals surface area contributed by atoms with E-state index in [9.17, 15) is 9.59 Å². The maximum atomic E-state index is 12.3. The molecule has 0 atom stereocenters. The summed E-state index contributed by atoms with van der Waals surface area (Å²) in [5.41, 5.74) is 1.62. The summed E-state index contributed by atoms with van der Waals surface area (Å²) in [6.45, 7) is 3.57. The van der Waals surface area contributed by atoms with E-state index in [0.717, 1.165) is 0 Å². The molecule has 0 saturated heterocycles. The molecule has 6 nitrogen and oxygen atoms in total. The average molecular weight is 337 g/mol. The number of anilines is 2. The lowest BCUT2D eigenvalue weighted by atomic mass is 10.2. The van der Waals surface area contributed by atoms with Gasteiger partial charge in [0.2, 0.25) is 11.8 Å². The minimum atomic E-state index is -0.341. The molecule has 25 heavy (non-hydrogen) atoms. The number of hydrogen-bond acceptors (Lipinski definition) is 4. The van der Waals surface area contributed by atoms with E-state index in [0.29, 0.717) is 29.3 Å². The van der Waals surface area contributed by atoms with Gasteiger partial charge in [-0.15, -0.1) is 0 Å². The van der Waals surface area contributed by atoms with Crippen LogP contribution in [0.3, 0.4) is 0 Å². The van der Waals surface area contributed by atoms with Gasteiger partial charge in [-0.3, -0.25) is 14.5 Å². The summed E-state index contributed by atoms with van der Waals surface area (Å²) >= 11 is 0. The van der Waals surface area contributed by atoms with E-state index in [-0.39, 0.29) is 18.4 Å². The standard InChI is InChI=1S/C19H19N3O3/c1-3-25-18-7-5-4-6-17(18)22(14(2)23)13-19(24)21-16-10-8-15(12-20)9-11-16/h4-11H,3,13H2,1-2H3,(H,21,24). The van der Waals surface area contributed by atoms with Crippen LogP contribution in [-0.2, 0) is 9.59 Å². The first-order chi connectivity index (χ1) is 12.0. The van der Waals surface area contributed by atoms with Crippen molar-refractivity contribution in [2.75, 3.05) is 23.4 Å². The fourth-order valence-electron chi connectivity index (χ4n) is 2.30. The molecule has 0 unspecified atom stereocenters. The van der Waals surface area contributed by atoms with Crippen LogP contribution in [-0.4, -0.2) is 25.0 Å². The van der Waals surface area contributed by atoms with E-state index in [4.69, 9.17) is 10.00 Å². The monoisotopic (exact) mass is 337 g/mol. The minimum absolute atomic E-state index is 0.139. The summed E-state index contributed by atoms with van der Waals surface area (Å²) in [5.74, 6) is -0.0558. The number of ether oxygens (including phenoxy) is 1. The van der Waals surface area contributed by atoms with Crippen LogP contribution in [0.15, 0.2) is 48.5 Å². The summed E-state index contributed by atoms with van der Waals surface area (Å²) in [6, 6.07) is 15.6. The number of para-hydroxylation sites is 2. The molecule has 0 spiro atoms. The van der Waals surface area contributed by atoms with Crippen molar-refractivity contribution in [1.29, 1.82) is 5.26 Å². The smallest absolute Gasteiger partial charge is 0.244 e. The first-order valence-corrected chi connectivity index (χ1v) is 7.85. The van der Waals surface area contributed by atoms with Crippen molar-refractivity contribution < 1.29 is 14.3 Å². The van der Waals surface area contributed by atoms with Crippen molar-refractivity contribution in [3.05, 3.63) is 54.1 Å². The molecule has 2 aromatic rings. The number of carbonyl (C=O) groups excluding carboxylic acids is 2. The molecule has 0 aromatic heterocycles. The first-order valence-electron chi connectivity index (χ1n) is 7.85. The number of hydrogen-bond donors (Lipinski definition) is 1. The molecule has 0 saturated carbocycles. The predicted molar refractivity (Wildman–Crippen MR) is 95.4 cm³/mol. The number of rotatable bonds is 6. The Hall–Kier alpha value is -3.33. The van der Waals surface area contributed by atoms with Gasteiger partial charge in [0.05, 0.1) is 23.9 Å². The SMILES string of the molecule is CCOc1ccccc1N(CC(=O)Nc1ccc(C#N)cc1)C(C)=O. The van der Waals surface area contributed by atoms with Crippen LogP contribution < -0.4 is 15.0 Å². The summed E-state index contributed by atoms with van der Waals surface area (Å²) < 4.78 is 5.54. The average Bonchev–Trinajstić information content (AvgIpc) is 2.61. The molecule has 1 N–H and O–H groups in total. The maximum Gasteiger partial charge on any atom is 0.244 e. The number of nitriles is 1. The highest BCUT2D eigenvalue weighted by Crippen LogP contribution is 2.28. The summed E-state index contributed by atoms with van der Waals surface area (Å²) in [6.07, 6.45) is 0. The molecular formula is C19H19N3O3. The van der Waals surface area contributed by atoms with Gasteiger partial charge in [-0.2, -0.15) is 5.26 Å². The third-order valence-electron chi connectivity index (χ3n) is 3.44. The largest absolute Gasteiger partial charge is 0.492 e. The molecule has 6 heteroatoms. The Morgan fingerprint density at radius 1 is 1.16 bits per heavy atom. The molecule has 2 aromatic carbocycles. The fraction of sp³-hybridized carbons (Fsp3) is 0.211. The van der Waals surface area contributed by atoms with E-state index in [2.05, 4.69) is 5.32 Å². The van der Waals surface area contributed by atoms with Crippen LogP contribution in [0.25, 0.3) is 0 Å². The summed E-state index contributed by atoms with van der Waals surface area (Å²) in [4.78, 5) is 25.7. The van der Waals surface area contributed by atoms with Crippen LogP contribution in [0.5, 0.6) is 5.75 Å². The predicted octanol–water partition coefficient (Wildman–Crippen LogP) is 2.95. The first kappa shape index (κ1) is 18.0. The van der Waals surface area contributed by atoms with Crippen LogP contribution in [0.2, 0.25) is 0 Å². The van der Waals surface area contributed by atoms with Crippen molar-refractivity contribution in [3.63, 3.8) is 0 Å². The molecule has 0 aliphatic heterocycles. The highest BCUT2D eigenvalue weighted by atomic mass is 16.5. The molecule has 2 amide bonds. The molecule has 0 radical (unpaired) electrons. The second kappa shape index (κ2) is 8.50. The number of nitrogens with one attached hydrogen (secondary N) is 1. The second-order valence-corrected chi connectivity index (χ2v) is 5.24. The van der Waals surface area contributed by atoms with Crippen LogP contribution in [0.4, 0.5) is 11.4 Å². The molecule has 0 bridgehead atoms. The minimum Gasteiger partial charge on any atom is -0.492 e. The van der Waals surface area contributed by atoms with Crippen molar-refractivity contribution in [2.24, 2.45) is 0 Å². The zero-order valence-corrected chi connectivity index (χ0v) is 14.2. The van der Waals surface area contributed by atoms with E-state index in [1.54, 1.807) is 42.5 Å². The number of benzene rings is 2.